The molecule has 3 rings (SSSR count). The van der Waals surface area contributed by atoms with Gasteiger partial charge in [-0.3, -0.25) is 0 Å². The fourth-order valence-electron chi connectivity index (χ4n) is 2.04. The molecule has 0 radical (unpaired) electrons. The van der Waals surface area contributed by atoms with E-state index >= 15 is 0 Å². The van der Waals surface area contributed by atoms with Crippen molar-refractivity contribution in [2.75, 3.05) is 19.0 Å². The van der Waals surface area contributed by atoms with Crippen LogP contribution < -0.4 is 14.8 Å². The number of methoxy groups -OCH3 is 1. The Hall–Kier alpha value is -2.27. The van der Waals surface area contributed by atoms with E-state index in [0.717, 1.165) is 32.5 Å². The van der Waals surface area contributed by atoms with Gasteiger partial charge < -0.3 is 14.8 Å². The Kier molecular flexibility index (Phi) is 3.92. The van der Waals surface area contributed by atoms with Gasteiger partial charge in [0.05, 0.1) is 23.9 Å². The highest BCUT2D eigenvalue weighted by Gasteiger charge is 2.06. The van der Waals surface area contributed by atoms with Gasteiger partial charge in [-0.15, -0.1) is 0 Å². The zero-order valence-corrected chi connectivity index (χ0v) is 12.7. The minimum absolute atomic E-state index is 0.666. The van der Waals surface area contributed by atoms with Gasteiger partial charge in [0.25, 0.3) is 0 Å². The van der Waals surface area contributed by atoms with Crippen LogP contribution in [0.15, 0.2) is 42.5 Å². The van der Waals surface area contributed by atoms with Gasteiger partial charge >= 0.3 is 0 Å². The zero-order chi connectivity index (χ0) is 14.7. The number of thiazole rings is 1. The first kappa shape index (κ1) is 13.7. The maximum atomic E-state index is 5.51. The molecular formula is C16H16N2O2S. The first-order chi connectivity index (χ1) is 10.3. The van der Waals surface area contributed by atoms with Crippen molar-refractivity contribution in [3.63, 3.8) is 0 Å². The average molecular weight is 300 g/mol. The Bertz CT molecular complexity index is 755. The molecule has 4 nitrogen and oxygen atoms in total. The van der Waals surface area contributed by atoms with Crippen molar-refractivity contribution in [2.24, 2.45) is 0 Å². The number of hydrogen-bond acceptors (Lipinski definition) is 5. The third-order valence-electron chi connectivity index (χ3n) is 2.99. The van der Waals surface area contributed by atoms with Crippen LogP contribution in [0.25, 0.3) is 10.2 Å². The second-order valence-corrected chi connectivity index (χ2v) is 5.47. The average Bonchev–Trinajstić information content (AvgIpc) is 2.89. The van der Waals surface area contributed by atoms with Crippen molar-refractivity contribution in [3.05, 3.63) is 42.5 Å². The summed E-state index contributed by atoms with van der Waals surface area (Å²) in [5.74, 6) is 1.70. The summed E-state index contributed by atoms with van der Waals surface area (Å²) in [7, 11) is 1.66. The molecule has 108 valence electrons. The number of fused-ring (bicyclic) bond motifs is 1. The quantitative estimate of drug-likeness (QED) is 0.756. The van der Waals surface area contributed by atoms with Crippen LogP contribution in [0.3, 0.4) is 0 Å². The summed E-state index contributed by atoms with van der Waals surface area (Å²) >= 11 is 1.60. The number of ether oxygens (including phenoxy) is 2. The van der Waals surface area contributed by atoms with E-state index in [2.05, 4.69) is 10.3 Å². The molecule has 0 saturated carbocycles. The molecule has 0 aliphatic rings. The Morgan fingerprint density at radius 3 is 2.86 bits per heavy atom. The lowest BCUT2D eigenvalue weighted by Crippen LogP contribution is -1.90. The number of aromatic nitrogens is 1. The summed E-state index contributed by atoms with van der Waals surface area (Å²) in [5.41, 5.74) is 1.92. The number of rotatable bonds is 5. The maximum Gasteiger partial charge on any atom is 0.188 e. The van der Waals surface area contributed by atoms with Crippen LogP contribution >= 0.6 is 11.3 Å². The van der Waals surface area contributed by atoms with Crippen molar-refractivity contribution < 1.29 is 9.47 Å². The summed E-state index contributed by atoms with van der Waals surface area (Å²) in [4.78, 5) is 4.58. The standard InChI is InChI=1S/C16H16N2O2S/c1-3-20-13-7-8-14-15(10-13)21-16(18-14)17-11-5-4-6-12(9-11)19-2/h4-10H,3H2,1-2H3,(H,17,18). The van der Waals surface area contributed by atoms with E-state index in [0.29, 0.717) is 6.61 Å². The first-order valence-corrected chi connectivity index (χ1v) is 7.54. The molecule has 0 spiro atoms. The number of nitrogens with zero attached hydrogens (tertiary/aromatic N) is 1. The van der Waals surface area contributed by atoms with Crippen LogP contribution in [0.5, 0.6) is 11.5 Å². The topological polar surface area (TPSA) is 43.4 Å². The lowest BCUT2D eigenvalue weighted by Gasteiger charge is -2.04. The van der Waals surface area contributed by atoms with Crippen LogP contribution in [0.1, 0.15) is 6.92 Å². The monoisotopic (exact) mass is 300 g/mol. The van der Waals surface area contributed by atoms with E-state index < -0.39 is 0 Å². The molecule has 0 saturated heterocycles. The molecule has 1 heterocycles. The summed E-state index contributed by atoms with van der Waals surface area (Å²) in [6.45, 7) is 2.64. The Balaban J connectivity index is 1.86. The fourth-order valence-corrected chi connectivity index (χ4v) is 2.95. The molecule has 0 aliphatic carbocycles. The van der Waals surface area contributed by atoms with E-state index in [1.165, 1.54) is 0 Å². The van der Waals surface area contributed by atoms with Crippen LogP contribution in [0.2, 0.25) is 0 Å². The number of hydrogen-bond donors (Lipinski definition) is 1. The van der Waals surface area contributed by atoms with Gasteiger partial charge in [-0.25, -0.2) is 4.98 Å². The normalized spacial score (nSPS) is 10.6. The van der Waals surface area contributed by atoms with E-state index in [-0.39, 0.29) is 0 Å². The van der Waals surface area contributed by atoms with Gasteiger partial charge in [0.15, 0.2) is 5.13 Å². The molecule has 2 aromatic carbocycles. The number of anilines is 2. The molecule has 0 amide bonds. The number of benzene rings is 2. The minimum Gasteiger partial charge on any atom is -0.497 e. The van der Waals surface area contributed by atoms with E-state index in [1.807, 2.05) is 49.4 Å². The largest absolute Gasteiger partial charge is 0.497 e. The third kappa shape index (κ3) is 3.08. The molecule has 21 heavy (non-hydrogen) atoms. The van der Waals surface area contributed by atoms with Crippen molar-refractivity contribution in [1.29, 1.82) is 0 Å². The Morgan fingerprint density at radius 1 is 1.14 bits per heavy atom. The van der Waals surface area contributed by atoms with E-state index in [1.54, 1.807) is 18.4 Å². The summed E-state index contributed by atoms with van der Waals surface area (Å²) in [6, 6.07) is 13.7. The third-order valence-corrected chi connectivity index (χ3v) is 3.93. The van der Waals surface area contributed by atoms with Crippen LogP contribution in [-0.2, 0) is 0 Å². The minimum atomic E-state index is 0.666. The SMILES string of the molecule is CCOc1ccc2nc(Nc3cccc(OC)c3)sc2c1. The molecule has 0 atom stereocenters. The molecule has 0 bridgehead atoms. The molecule has 0 fully saturated rings. The molecule has 0 unspecified atom stereocenters. The van der Waals surface area contributed by atoms with Gasteiger partial charge in [-0.1, -0.05) is 17.4 Å². The second kappa shape index (κ2) is 6.01. The number of nitrogens with one attached hydrogen (secondary N) is 1. The molecule has 0 aliphatic heterocycles. The molecule has 1 aromatic heterocycles. The first-order valence-electron chi connectivity index (χ1n) is 6.73. The second-order valence-electron chi connectivity index (χ2n) is 4.44. The van der Waals surface area contributed by atoms with Crippen molar-refractivity contribution >= 4 is 32.4 Å². The van der Waals surface area contributed by atoms with E-state index in [4.69, 9.17) is 9.47 Å². The highest BCUT2D eigenvalue weighted by Crippen LogP contribution is 2.31. The van der Waals surface area contributed by atoms with Crippen LogP contribution in [0.4, 0.5) is 10.8 Å². The lowest BCUT2D eigenvalue weighted by molar-refractivity contribution is 0.341. The highest BCUT2D eigenvalue weighted by molar-refractivity contribution is 7.22. The van der Waals surface area contributed by atoms with Crippen molar-refractivity contribution in [1.82, 2.24) is 4.98 Å². The Labute approximate surface area is 127 Å². The van der Waals surface area contributed by atoms with Gasteiger partial charge in [0.2, 0.25) is 0 Å². The summed E-state index contributed by atoms with van der Waals surface area (Å²) in [6.07, 6.45) is 0. The Morgan fingerprint density at radius 2 is 2.05 bits per heavy atom. The van der Waals surface area contributed by atoms with Crippen molar-refractivity contribution in [2.45, 2.75) is 6.92 Å². The summed E-state index contributed by atoms with van der Waals surface area (Å²) < 4.78 is 11.8. The van der Waals surface area contributed by atoms with Crippen LogP contribution in [-0.4, -0.2) is 18.7 Å². The predicted molar refractivity (Wildman–Crippen MR) is 87.1 cm³/mol. The maximum absolute atomic E-state index is 5.51. The molecule has 5 heteroatoms. The van der Waals surface area contributed by atoms with Gasteiger partial charge in [-0.2, -0.15) is 0 Å². The van der Waals surface area contributed by atoms with Gasteiger partial charge in [-0.05, 0) is 37.3 Å². The molecular weight excluding hydrogens is 284 g/mol. The van der Waals surface area contributed by atoms with Gasteiger partial charge in [0, 0.05) is 11.8 Å². The van der Waals surface area contributed by atoms with Crippen molar-refractivity contribution in [3.8, 4) is 11.5 Å². The fraction of sp³-hybridized carbons (Fsp3) is 0.188. The molecule has 3 aromatic rings. The lowest BCUT2D eigenvalue weighted by atomic mass is 10.3. The zero-order valence-electron chi connectivity index (χ0n) is 11.9. The van der Waals surface area contributed by atoms with Crippen LogP contribution in [0, 0.1) is 0 Å². The smallest absolute Gasteiger partial charge is 0.188 e. The summed E-state index contributed by atoms with van der Waals surface area (Å²) in [5, 5.41) is 4.16. The predicted octanol–water partition coefficient (Wildman–Crippen LogP) is 4.45. The highest BCUT2D eigenvalue weighted by atomic mass is 32.1. The molecule has 1 N–H and O–H groups in total. The van der Waals surface area contributed by atoms with Gasteiger partial charge in [0.1, 0.15) is 11.5 Å². The van der Waals surface area contributed by atoms with E-state index in [9.17, 15) is 0 Å².